The predicted octanol–water partition coefficient (Wildman–Crippen LogP) is 11.7. The molecule has 0 saturated heterocycles. The van der Waals surface area contributed by atoms with Gasteiger partial charge in [0.15, 0.2) is 17.5 Å². The molecule has 1 aliphatic carbocycles. The summed E-state index contributed by atoms with van der Waals surface area (Å²) in [6.07, 6.45) is 0. The minimum absolute atomic E-state index is 0.658. The molecule has 0 radical (unpaired) electrons. The molecule has 0 saturated carbocycles. The van der Waals surface area contributed by atoms with Crippen LogP contribution in [0.25, 0.3) is 98.5 Å². The van der Waals surface area contributed by atoms with E-state index in [0.717, 1.165) is 22.3 Å². The van der Waals surface area contributed by atoms with Gasteiger partial charge in [-0.2, -0.15) is 0 Å². The van der Waals surface area contributed by atoms with Crippen LogP contribution in [0, 0.1) is 0 Å². The molecule has 10 rings (SSSR count). The van der Waals surface area contributed by atoms with Gasteiger partial charge in [0.1, 0.15) is 0 Å². The second kappa shape index (κ2) is 10.3. The minimum Gasteiger partial charge on any atom is -0.208 e. The van der Waals surface area contributed by atoms with Crippen LogP contribution < -0.4 is 0 Å². The molecule has 47 heavy (non-hydrogen) atoms. The lowest BCUT2D eigenvalue weighted by atomic mass is 9.92. The van der Waals surface area contributed by atoms with Crippen LogP contribution in [0.1, 0.15) is 0 Å². The molecule has 2 aromatic heterocycles. The Balaban J connectivity index is 1.19. The van der Waals surface area contributed by atoms with Crippen molar-refractivity contribution in [2.75, 3.05) is 0 Å². The van der Waals surface area contributed by atoms with E-state index in [9.17, 15) is 0 Å². The van der Waals surface area contributed by atoms with E-state index in [2.05, 4.69) is 91.0 Å². The molecular weight excluding hydrogens is 591 g/mol. The average molecular weight is 616 g/mol. The zero-order chi connectivity index (χ0) is 30.9. The highest BCUT2D eigenvalue weighted by molar-refractivity contribution is 7.26. The molecule has 0 unspecified atom stereocenters. The van der Waals surface area contributed by atoms with Crippen molar-refractivity contribution in [1.82, 2.24) is 15.0 Å². The van der Waals surface area contributed by atoms with E-state index in [1.807, 2.05) is 72.0 Å². The first kappa shape index (κ1) is 26.3. The van der Waals surface area contributed by atoms with Crippen molar-refractivity contribution in [2.45, 2.75) is 0 Å². The maximum Gasteiger partial charge on any atom is 0.164 e. The molecule has 4 heteroatoms. The van der Waals surface area contributed by atoms with Gasteiger partial charge >= 0.3 is 0 Å². The first-order valence-corrected chi connectivity index (χ1v) is 16.6. The summed E-state index contributed by atoms with van der Waals surface area (Å²) < 4.78 is 2.61. The Hall–Kier alpha value is -5.97. The zero-order valence-electron chi connectivity index (χ0n) is 25.2. The molecule has 1 aliphatic rings. The second-order valence-corrected chi connectivity index (χ2v) is 13.0. The highest BCUT2D eigenvalue weighted by Gasteiger charge is 2.24. The average Bonchev–Trinajstić information content (AvgIpc) is 3.49. The Kier molecular flexibility index (Phi) is 5.74. The Morgan fingerprint density at radius 3 is 1.49 bits per heavy atom. The third-order valence-corrected chi connectivity index (χ3v) is 10.5. The van der Waals surface area contributed by atoms with Gasteiger partial charge in [-0.1, -0.05) is 140 Å². The number of hydrogen-bond acceptors (Lipinski definition) is 4. The van der Waals surface area contributed by atoms with Crippen molar-refractivity contribution < 1.29 is 0 Å². The third-order valence-electron chi connectivity index (χ3n) is 9.26. The number of nitrogens with zero attached hydrogens (tertiary/aromatic N) is 3. The van der Waals surface area contributed by atoms with Crippen molar-refractivity contribution in [3.63, 3.8) is 0 Å². The van der Waals surface area contributed by atoms with Gasteiger partial charge in [-0.3, -0.25) is 0 Å². The van der Waals surface area contributed by atoms with Gasteiger partial charge in [-0.15, -0.1) is 11.3 Å². The summed E-state index contributed by atoms with van der Waals surface area (Å²) >= 11 is 1.88. The molecule has 9 aromatic rings. The summed E-state index contributed by atoms with van der Waals surface area (Å²) in [5, 5.41) is 5.29. The zero-order valence-corrected chi connectivity index (χ0v) is 26.0. The second-order valence-electron chi connectivity index (χ2n) is 12.0. The van der Waals surface area contributed by atoms with E-state index in [1.54, 1.807) is 0 Å². The topological polar surface area (TPSA) is 38.7 Å². The molecule has 218 valence electrons. The number of aromatic nitrogens is 3. The summed E-state index contributed by atoms with van der Waals surface area (Å²) in [6, 6.07) is 53.7. The van der Waals surface area contributed by atoms with E-state index in [4.69, 9.17) is 15.0 Å². The Labute approximate surface area is 275 Å². The van der Waals surface area contributed by atoms with Gasteiger partial charge in [0, 0.05) is 36.9 Å². The van der Waals surface area contributed by atoms with Gasteiger partial charge in [0.2, 0.25) is 0 Å². The molecule has 0 atom stereocenters. The fraction of sp³-hybridized carbons (Fsp3) is 0. The third kappa shape index (κ3) is 4.09. The molecule has 0 spiro atoms. The number of fused-ring (bicyclic) bond motifs is 2. The van der Waals surface area contributed by atoms with Crippen LogP contribution in [-0.2, 0) is 0 Å². The molecule has 3 nitrogen and oxygen atoms in total. The molecular formula is C43H25N3S. The van der Waals surface area contributed by atoms with Crippen LogP contribution >= 0.6 is 11.3 Å². The fourth-order valence-corrected chi connectivity index (χ4v) is 8.44. The van der Waals surface area contributed by atoms with Crippen LogP contribution in [0.4, 0.5) is 0 Å². The van der Waals surface area contributed by atoms with Crippen molar-refractivity contribution in [1.29, 1.82) is 0 Å². The van der Waals surface area contributed by atoms with Crippen molar-refractivity contribution >= 4 is 42.3 Å². The molecule has 0 N–H and O–H groups in total. The van der Waals surface area contributed by atoms with E-state index >= 15 is 0 Å². The van der Waals surface area contributed by atoms with E-state index in [-0.39, 0.29) is 0 Å². The van der Waals surface area contributed by atoms with Gasteiger partial charge in [-0.05, 0) is 56.3 Å². The highest BCUT2D eigenvalue weighted by atomic mass is 32.1. The molecule has 0 fully saturated rings. The molecule has 7 aromatic carbocycles. The Morgan fingerprint density at radius 2 is 0.830 bits per heavy atom. The molecule has 0 bridgehead atoms. The lowest BCUT2D eigenvalue weighted by Gasteiger charge is -2.12. The molecule has 0 aliphatic heterocycles. The minimum atomic E-state index is 0.658. The first-order valence-electron chi connectivity index (χ1n) is 15.8. The summed E-state index contributed by atoms with van der Waals surface area (Å²) in [5.74, 6) is 1.98. The van der Waals surface area contributed by atoms with Crippen molar-refractivity contribution in [2.24, 2.45) is 0 Å². The Bertz CT molecular complexity index is 2610. The van der Waals surface area contributed by atoms with Crippen LogP contribution in [0.5, 0.6) is 0 Å². The molecule has 2 heterocycles. The Morgan fingerprint density at radius 1 is 0.340 bits per heavy atom. The largest absolute Gasteiger partial charge is 0.208 e. The highest BCUT2D eigenvalue weighted by Crippen LogP contribution is 2.52. The maximum atomic E-state index is 5.00. The number of hydrogen-bond donors (Lipinski definition) is 0. The fourth-order valence-electron chi connectivity index (χ4n) is 7.15. The van der Waals surface area contributed by atoms with Crippen molar-refractivity contribution in [3.8, 4) is 67.5 Å². The van der Waals surface area contributed by atoms with E-state index < -0.39 is 0 Å². The van der Waals surface area contributed by atoms with E-state index in [1.165, 1.54) is 58.8 Å². The SMILES string of the molecule is c1ccc(-c2nc(-c3ccccc3)nc(-c3cccc(-c4ccc5c6c4sc4cccc(c46)-c4cccc6cccc-5c46)c3)n2)cc1. The normalized spacial score (nSPS) is 11.8. The number of thiophene rings is 1. The van der Waals surface area contributed by atoms with Gasteiger partial charge in [0.05, 0.1) is 0 Å². The monoisotopic (exact) mass is 615 g/mol. The number of benzene rings is 7. The summed E-state index contributed by atoms with van der Waals surface area (Å²) in [4.78, 5) is 14.9. The van der Waals surface area contributed by atoms with Crippen LogP contribution in [0.2, 0.25) is 0 Å². The van der Waals surface area contributed by atoms with Crippen LogP contribution in [0.3, 0.4) is 0 Å². The van der Waals surface area contributed by atoms with Crippen LogP contribution in [0.15, 0.2) is 152 Å². The van der Waals surface area contributed by atoms with Crippen molar-refractivity contribution in [3.05, 3.63) is 152 Å². The van der Waals surface area contributed by atoms with Gasteiger partial charge < -0.3 is 0 Å². The standard InChI is InChI=1S/C43H25N3S/c1-3-11-27(12-4-1)41-44-42(28-13-5-2-6-14-28)46-43(45-41)30-18-7-17-29(25-30)31-23-24-35-33-20-9-16-26-15-8-19-32(37(26)33)34-21-10-22-36-38(34)39(35)40(31)47-36/h1-25H. The molecule has 0 amide bonds. The van der Waals surface area contributed by atoms with Crippen LogP contribution in [-0.4, -0.2) is 15.0 Å². The quantitative estimate of drug-likeness (QED) is 0.198. The lowest BCUT2D eigenvalue weighted by Crippen LogP contribution is -2.00. The van der Waals surface area contributed by atoms with Gasteiger partial charge in [-0.25, -0.2) is 15.0 Å². The summed E-state index contributed by atoms with van der Waals surface area (Å²) in [6.45, 7) is 0. The van der Waals surface area contributed by atoms with Gasteiger partial charge in [0.25, 0.3) is 0 Å². The number of rotatable bonds is 4. The summed E-state index contributed by atoms with van der Waals surface area (Å²) in [5.41, 5.74) is 10.5. The summed E-state index contributed by atoms with van der Waals surface area (Å²) in [7, 11) is 0. The lowest BCUT2D eigenvalue weighted by molar-refractivity contribution is 1.07. The predicted molar refractivity (Wildman–Crippen MR) is 196 cm³/mol. The smallest absolute Gasteiger partial charge is 0.164 e. The first-order chi connectivity index (χ1) is 23.3. The van der Waals surface area contributed by atoms with E-state index in [0.29, 0.717) is 17.5 Å². The maximum absolute atomic E-state index is 5.00.